The van der Waals surface area contributed by atoms with Crippen molar-refractivity contribution < 1.29 is 9.53 Å². The largest absolute Gasteiger partial charge is 0.379 e. The van der Waals surface area contributed by atoms with Crippen LogP contribution >= 0.6 is 24.8 Å². The van der Waals surface area contributed by atoms with Gasteiger partial charge in [-0.05, 0) is 31.7 Å². The van der Waals surface area contributed by atoms with Crippen LogP contribution in [0.3, 0.4) is 0 Å². The lowest BCUT2D eigenvalue weighted by atomic mass is 9.95. The summed E-state index contributed by atoms with van der Waals surface area (Å²) < 4.78 is 5.37. The zero-order valence-corrected chi connectivity index (χ0v) is 14.3. The minimum absolute atomic E-state index is 0. The van der Waals surface area contributed by atoms with E-state index in [0.29, 0.717) is 13.0 Å². The zero-order valence-electron chi connectivity index (χ0n) is 12.7. The first-order valence-electron chi connectivity index (χ1n) is 7.57. The third-order valence-electron chi connectivity index (χ3n) is 4.18. The number of carbonyl (C=O) groups is 1. The summed E-state index contributed by atoms with van der Waals surface area (Å²) in [6.07, 6.45) is 3.72. The molecule has 2 aliphatic rings. The van der Waals surface area contributed by atoms with Gasteiger partial charge in [0.2, 0.25) is 5.91 Å². The first kappa shape index (κ1) is 20.9. The van der Waals surface area contributed by atoms with Gasteiger partial charge in [0.05, 0.1) is 13.2 Å². The molecule has 0 aromatic rings. The van der Waals surface area contributed by atoms with E-state index in [-0.39, 0.29) is 30.7 Å². The molecular formula is C14H29Cl2N3O2. The molecule has 0 aromatic carbocycles. The average molecular weight is 342 g/mol. The predicted octanol–water partition coefficient (Wildman–Crippen LogP) is 1.14. The van der Waals surface area contributed by atoms with Crippen molar-refractivity contribution in [1.82, 2.24) is 9.80 Å². The number of amides is 1. The second kappa shape index (κ2) is 11.5. The Morgan fingerprint density at radius 1 is 1.10 bits per heavy atom. The maximum absolute atomic E-state index is 11.9. The van der Waals surface area contributed by atoms with E-state index in [1.165, 1.54) is 6.54 Å². The number of nitrogens with two attached hydrogens (primary N) is 1. The fourth-order valence-electron chi connectivity index (χ4n) is 2.93. The van der Waals surface area contributed by atoms with Gasteiger partial charge in [0.15, 0.2) is 0 Å². The molecule has 2 saturated heterocycles. The van der Waals surface area contributed by atoms with E-state index in [9.17, 15) is 4.79 Å². The van der Waals surface area contributed by atoms with Crippen LogP contribution in [0.2, 0.25) is 0 Å². The third-order valence-corrected chi connectivity index (χ3v) is 4.18. The summed E-state index contributed by atoms with van der Waals surface area (Å²) in [6.45, 7) is 7.52. The molecule has 2 heterocycles. The van der Waals surface area contributed by atoms with Gasteiger partial charge < -0.3 is 15.4 Å². The summed E-state index contributed by atoms with van der Waals surface area (Å²) in [5.74, 6) is 1.03. The summed E-state index contributed by atoms with van der Waals surface area (Å²) in [5.41, 5.74) is 5.45. The Morgan fingerprint density at radius 2 is 1.71 bits per heavy atom. The molecule has 126 valence electrons. The number of ether oxygens (including phenoxy) is 1. The number of likely N-dealkylation sites (tertiary alicyclic amines) is 1. The van der Waals surface area contributed by atoms with Crippen LogP contribution in [-0.4, -0.2) is 68.2 Å². The van der Waals surface area contributed by atoms with Crippen LogP contribution in [-0.2, 0) is 9.53 Å². The second-order valence-electron chi connectivity index (χ2n) is 5.63. The molecule has 5 nitrogen and oxygen atoms in total. The summed E-state index contributed by atoms with van der Waals surface area (Å²) >= 11 is 0. The zero-order chi connectivity index (χ0) is 13.5. The monoisotopic (exact) mass is 341 g/mol. The van der Waals surface area contributed by atoms with Crippen molar-refractivity contribution in [3.63, 3.8) is 0 Å². The van der Waals surface area contributed by atoms with E-state index >= 15 is 0 Å². The molecule has 21 heavy (non-hydrogen) atoms. The van der Waals surface area contributed by atoms with Crippen LogP contribution in [0.25, 0.3) is 0 Å². The summed E-state index contributed by atoms with van der Waals surface area (Å²) in [7, 11) is 0. The fraction of sp³-hybridized carbons (Fsp3) is 0.929. The summed E-state index contributed by atoms with van der Waals surface area (Å²) in [5, 5.41) is 0. The molecule has 2 N–H and O–H groups in total. The van der Waals surface area contributed by atoms with E-state index in [0.717, 1.165) is 64.6 Å². The van der Waals surface area contributed by atoms with Gasteiger partial charge in [0, 0.05) is 39.1 Å². The van der Waals surface area contributed by atoms with E-state index in [2.05, 4.69) is 4.90 Å². The van der Waals surface area contributed by atoms with Gasteiger partial charge in [0.1, 0.15) is 0 Å². The molecule has 2 aliphatic heterocycles. The van der Waals surface area contributed by atoms with Gasteiger partial charge in [-0.3, -0.25) is 9.69 Å². The summed E-state index contributed by atoms with van der Waals surface area (Å²) in [6, 6.07) is 0. The molecule has 1 amide bonds. The van der Waals surface area contributed by atoms with Crippen LogP contribution in [0.1, 0.15) is 25.7 Å². The SMILES string of the molecule is Cl.Cl.NCCCC(=O)N1CCC(CN2CCOCC2)CC1. The molecular weight excluding hydrogens is 313 g/mol. The van der Waals surface area contributed by atoms with Crippen molar-refractivity contribution in [3.8, 4) is 0 Å². The smallest absolute Gasteiger partial charge is 0.222 e. The topological polar surface area (TPSA) is 58.8 Å². The number of carbonyl (C=O) groups excluding carboxylic acids is 1. The van der Waals surface area contributed by atoms with Crippen LogP contribution in [0.4, 0.5) is 0 Å². The number of hydrogen-bond donors (Lipinski definition) is 1. The molecule has 0 radical (unpaired) electrons. The van der Waals surface area contributed by atoms with E-state index in [4.69, 9.17) is 10.5 Å². The second-order valence-corrected chi connectivity index (χ2v) is 5.63. The molecule has 0 saturated carbocycles. The van der Waals surface area contributed by atoms with Gasteiger partial charge in [-0.25, -0.2) is 0 Å². The molecule has 2 fully saturated rings. The Hall–Kier alpha value is -0.0700. The van der Waals surface area contributed by atoms with Crippen LogP contribution in [0, 0.1) is 5.92 Å². The van der Waals surface area contributed by atoms with Crippen molar-refractivity contribution >= 4 is 30.7 Å². The van der Waals surface area contributed by atoms with Gasteiger partial charge in [-0.15, -0.1) is 24.8 Å². The van der Waals surface area contributed by atoms with Gasteiger partial charge in [0.25, 0.3) is 0 Å². The number of morpholine rings is 1. The highest BCUT2D eigenvalue weighted by atomic mass is 35.5. The van der Waals surface area contributed by atoms with Gasteiger partial charge >= 0.3 is 0 Å². The van der Waals surface area contributed by atoms with Crippen molar-refractivity contribution in [1.29, 1.82) is 0 Å². The Balaban J connectivity index is 0.00000200. The van der Waals surface area contributed by atoms with Crippen LogP contribution < -0.4 is 5.73 Å². The number of piperidine rings is 1. The lowest BCUT2D eigenvalue weighted by Crippen LogP contribution is -2.44. The lowest BCUT2D eigenvalue weighted by Gasteiger charge is -2.36. The summed E-state index contributed by atoms with van der Waals surface area (Å²) in [4.78, 5) is 16.4. The Bertz CT molecular complexity index is 281. The average Bonchev–Trinajstić information content (AvgIpc) is 2.46. The standard InChI is InChI=1S/C14H27N3O2.2ClH/c15-5-1-2-14(18)17-6-3-13(4-7-17)12-16-8-10-19-11-9-16;;/h13H,1-12,15H2;2*1H. The quantitative estimate of drug-likeness (QED) is 0.814. The number of nitrogens with zero attached hydrogens (tertiary/aromatic N) is 2. The highest BCUT2D eigenvalue weighted by Gasteiger charge is 2.24. The van der Waals surface area contributed by atoms with Crippen LogP contribution in [0.5, 0.6) is 0 Å². The first-order valence-corrected chi connectivity index (χ1v) is 7.57. The lowest BCUT2D eigenvalue weighted by molar-refractivity contribution is -0.132. The highest BCUT2D eigenvalue weighted by Crippen LogP contribution is 2.19. The highest BCUT2D eigenvalue weighted by molar-refractivity contribution is 5.85. The first-order chi connectivity index (χ1) is 9.29. The molecule has 0 atom stereocenters. The molecule has 0 bridgehead atoms. The van der Waals surface area contributed by atoms with Crippen LogP contribution in [0.15, 0.2) is 0 Å². The Morgan fingerprint density at radius 3 is 2.29 bits per heavy atom. The maximum Gasteiger partial charge on any atom is 0.222 e. The van der Waals surface area contributed by atoms with E-state index < -0.39 is 0 Å². The molecule has 0 aliphatic carbocycles. The predicted molar refractivity (Wildman–Crippen MR) is 89.3 cm³/mol. The molecule has 0 spiro atoms. The van der Waals surface area contributed by atoms with E-state index in [1.54, 1.807) is 0 Å². The molecule has 2 rings (SSSR count). The van der Waals surface area contributed by atoms with E-state index in [1.807, 2.05) is 4.90 Å². The number of halogens is 2. The Kier molecular flexibility index (Phi) is 11.5. The Labute approximate surface area is 140 Å². The third kappa shape index (κ3) is 7.15. The minimum atomic E-state index is 0. The van der Waals surface area contributed by atoms with Crippen molar-refractivity contribution in [2.45, 2.75) is 25.7 Å². The number of hydrogen-bond acceptors (Lipinski definition) is 4. The molecule has 7 heteroatoms. The van der Waals surface area contributed by atoms with Crippen molar-refractivity contribution in [2.75, 3.05) is 52.5 Å². The number of rotatable bonds is 5. The molecule has 0 unspecified atom stereocenters. The minimum Gasteiger partial charge on any atom is -0.379 e. The maximum atomic E-state index is 11.9. The molecule has 0 aromatic heterocycles. The van der Waals surface area contributed by atoms with Crippen molar-refractivity contribution in [3.05, 3.63) is 0 Å². The normalized spacial score (nSPS) is 20.5. The van der Waals surface area contributed by atoms with Gasteiger partial charge in [-0.2, -0.15) is 0 Å². The van der Waals surface area contributed by atoms with Crippen molar-refractivity contribution in [2.24, 2.45) is 11.7 Å². The van der Waals surface area contributed by atoms with Gasteiger partial charge in [-0.1, -0.05) is 0 Å². The fourth-order valence-corrected chi connectivity index (χ4v) is 2.93.